The molecule has 0 aliphatic carbocycles. The summed E-state index contributed by atoms with van der Waals surface area (Å²) in [6.07, 6.45) is 2.69. The fourth-order valence-corrected chi connectivity index (χ4v) is 3.57. The third-order valence-electron chi connectivity index (χ3n) is 5.05. The van der Waals surface area contributed by atoms with Crippen LogP contribution in [0.4, 0.5) is 5.82 Å². The van der Waals surface area contributed by atoms with Crippen LogP contribution in [-0.4, -0.2) is 50.8 Å². The van der Waals surface area contributed by atoms with Crippen molar-refractivity contribution in [3.8, 4) is 0 Å². The molecule has 0 spiro atoms. The zero-order valence-electron chi connectivity index (χ0n) is 16.4. The van der Waals surface area contributed by atoms with Gasteiger partial charge in [-0.3, -0.25) is 9.59 Å². The monoisotopic (exact) mass is 384 g/mol. The highest BCUT2D eigenvalue weighted by Crippen LogP contribution is 2.26. The van der Waals surface area contributed by atoms with E-state index in [-0.39, 0.29) is 23.8 Å². The van der Waals surface area contributed by atoms with Crippen molar-refractivity contribution in [2.75, 3.05) is 18.4 Å². The topological polar surface area (TPSA) is 87.5 Å². The predicted molar refractivity (Wildman–Crippen MR) is 107 cm³/mol. The van der Waals surface area contributed by atoms with Crippen LogP contribution in [0.25, 0.3) is 0 Å². The highest BCUT2D eigenvalue weighted by molar-refractivity contribution is 6.03. The number of anilines is 1. The van der Waals surface area contributed by atoms with Crippen molar-refractivity contribution >= 4 is 17.6 Å². The van der Waals surface area contributed by atoms with Crippen molar-refractivity contribution in [1.29, 1.82) is 0 Å². The van der Waals surface area contributed by atoms with Crippen LogP contribution in [0.2, 0.25) is 0 Å². The van der Waals surface area contributed by atoms with Crippen LogP contribution < -0.4 is 5.32 Å². The van der Waals surface area contributed by atoms with E-state index in [4.69, 9.17) is 0 Å². The third-order valence-corrected chi connectivity index (χ3v) is 5.05. The molecule has 7 nitrogen and oxygen atoms in total. The van der Waals surface area contributed by atoms with E-state index >= 15 is 0 Å². The van der Waals surface area contributed by atoms with Gasteiger partial charge in [-0.05, 0) is 37.3 Å². The molecule has 0 saturated carbocycles. The maximum Gasteiger partial charge on any atom is 0.256 e. The van der Waals surface area contributed by atoms with Gasteiger partial charge in [-0.1, -0.05) is 32.0 Å². The van der Waals surface area contributed by atoms with Crippen molar-refractivity contribution in [2.24, 2.45) is 5.92 Å². The van der Waals surface area contributed by atoms with Gasteiger partial charge in [0.05, 0.1) is 12.2 Å². The Kier molecular flexibility index (Phi) is 6.46. The molecule has 2 amide bonds. The van der Waals surface area contributed by atoms with Gasteiger partial charge in [0.2, 0.25) is 0 Å². The van der Waals surface area contributed by atoms with Crippen molar-refractivity contribution < 1.29 is 14.7 Å². The Bertz CT molecular complexity index is 795. The van der Waals surface area contributed by atoms with Gasteiger partial charge < -0.3 is 15.3 Å². The minimum atomic E-state index is -0.929. The Labute approximate surface area is 165 Å². The SMILES string of the molecule is CC(C)CC(O)C(=O)N1CCC(n2nccc2NC(=O)c2ccccc2)CC1. The van der Waals surface area contributed by atoms with Crippen LogP contribution in [0.1, 0.15) is 49.5 Å². The van der Waals surface area contributed by atoms with E-state index in [0.717, 1.165) is 12.8 Å². The van der Waals surface area contributed by atoms with Gasteiger partial charge in [0, 0.05) is 24.7 Å². The molecule has 0 bridgehead atoms. The minimum absolute atomic E-state index is 0.104. The molecule has 2 aromatic rings. The number of amides is 2. The summed E-state index contributed by atoms with van der Waals surface area (Å²) >= 11 is 0. The second-order valence-corrected chi connectivity index (χ2v) is 7.68. The van der Waals surface area contributed by atoms with Gasteiger partial charge in [-0.2, -0.15) is 5.10 Å². The normalized spacial score (nSPS) is 16.2. The van der Waals surface area contributed by atoms with Gasteiger partial charge in [-0.15, -0.1) is 0 Å². The van der Waals surface area contributed by atoms with E-state index in [2.05, 4.69) is 10.4 Å². The average molecular weight is 384 g/mol. The smallest absolute Gasteiger partial charge is 0.256 e. The molecule has 1 aliphatic rings. The molecule has 1 atom stereocenters. The quantitative estimate of drug-likeness (QED) is 0.802. The standard InChI is InChI=1S/C21H28N4O3/c1-15(2)14-18(26)21(28)24-12-9-17(10-13-24)25-19(8-11-22-25)23-20(27)16-6-4-3-5-7-16/h3-8,11,15,17-18,26H,9-10,12-14H2,1-2H3,(H,23,27). The molecule has 150 valence electrons. The molecular weight excluding hydrogens is 356 g/mol. The molecule has 7 heteroatoms. The number of piperidine rings is 1. The first-order chi connectivity index (χ1) is 13.5. The van der Waals surface area contributed by atoms with Gasteiger partial charge >= 0.3 is 0 Å². The maximum absolute atomic E-state index is 12.4. The summed E-state index contributed by atoms with van der Waals surface area (Å²) < 4.78 is 1.83. The summed E-state index contributed by atoms with van der Waals surface area (Å²) in [7, 11) is 0. The fourth-order valence-electron chi connectivity index (χ4n) is 3.57. The molecule has 1 aromatic heterocycles. The lowest BCUT2D eigenvalue weighted by Crippen LogP contribution is -2.44. The second-order valence-electron chi connectivity index (χ2n) is 7.68. The molecule has 0 radical (unpaired) electrons. The molecule has 1 saturated heterocycles. The zero-order chi connectivity index (χ0) is 20.1. The molecule has 2 N–H and O–H groups in total. The number of hydrogen-bond acceptors (Lipinski definition) is 4. The van der Waals surface area contributed by atoms with Crippen LogP contribution in [0.5, 0.6) is 0 Å². The van der Waals surface area contributed by atoms with E-state index in [1.807, 2.05) is 36.7 Å². The fraction of sp³-hybridized carbons (Fsp3) is 0.476. The number of nitrogens with zero attached hydrogens (tertiary/aromatic N) is 3. The number of rotatable bonds is 6. The number of benzene rings is 1. The van der Waals surface area contributed by atoms with Crippen LogP contribution in [-0.2, 0) is 4.79 Å². The van der Waals surface area contributed by atoms with E-state index in [1.165, 1.54) is 0 Å². The van der Waals surface area contributed by atoms with Crippen LogP contribution in [0.3, 0.4) is 0 Å². The number of aliphatic hydroxyl groups excluding tert-OH is 1. The molecule has 3 rings (SSSR count). The van der Waals surface area contributed by atoms with Gasteiger partial charge in [-0.25, -0.2) is 4.68 Å². The van der Waals surface area contributed by atoms with E-state index in [9.17, 15) is 14.7 Å². The first-order valence-corrected chi connectivity index (χ1v) is 9.82. The zero-order valence-corrected chi connectivity index (χ0v) is 16.4. The Morgan fingerprint density at radius 3 is 2.50 bits per heavy atom. The second kappa shape index (κ2) is 9.01. The lowest BCUT2D eigenvalue weighted by atomic mass is 10.0. The van der Waals surface area contributed by atoms with Gasteiger partial charge in [0.15, 0.2) is 0 Å². The first kappa shape index (κ1) is 20.1. The molecule has 2 heterocycles. The summed E-state index contributed by atoms with van der Waals surface area (Å²) in [6.45, 7) is 5.13. The highest BCUT2D eigenvalue weighted by Gasteiger charge is 2.29. The molecule has 1 aliphatic heterocycles. The van der Waals surface area contributed by atoms with E-state index in [0.29, 0.717) is 30.9 Å². The Morgan fingerprint density at radius 2 is 1.86 bits per heavy atom. The first-order valence-electron chi connectivity index (χ1n) is 9.82. The van der Waals surface area contributed by atoms with Crippen molar-refractivity contribution in [1.82, 2.24) is 14.7 Å². The van der Waals surface area contributed by atoms with E-state index < -0.39 is 6.10 Å². The summed E-state index contributed by atoms with van der Waals surface area (Å²) in [6, 6.07) is 10.9. The summed E-state index contributed by atoms with van der Waals surface area (Å²) in [5, 5.41) is 17.4. The number of likely N-dealkylation sites (tertiary alicyclic amines) is 1. The number of hydrogen-bond donors (Lipinski definition) is 2. The number of aliphatic hydroxyl groups is 1. The molecule has 1 fully saturated rings. The lowest BCUT2D eigenvalue weighted by Gasteiger charge is -2.34. The Morgan fingerprint density at radius 1 is 1.18 bits per heavy atom. The maximum atomic E-state index is 12.4. The summed E-state index contributed by atoms with van der Waals surface area (Å²) in [5.41, 5.74) is 0.592. The third kappa shape index (κ3) is 4.78. The predicted octanol–water partition coefficient (Wildman–Crippen LogP) is 2.71. The molecular formula is C21H28N4O3. The minimum Gasteiger partial charge on any atom is -0.383 e. The highest BCUT2D eigenvalue weighted by atomic mass is 16.3. The summed E-state index contributed by atoms with van der Waals surface area (Å²) in [4.78, 5) is 26.5. The number of aromatic nitrogens is 2. The average Bonchev–Trinajstić information content (AvgIpc) is 3.15. The van der Waals surface area contributed by atoms with Crippen LogP contribution in [0, 0.1) is 5.92 Å². The molecule has 1 unspecified atom stereocenters. The van der Waals surface area contributed by atoms with Gasteiger partial charge in [0.25, 0.3) is 11.8 Å². The number of nitrogens with one attached hydrogen (secondary N) is 1. The lowest BCUT2D eigenvalue weighted by molar-refractivity contribution is -0.142. The van der Waals surface area contributed by atoms with Crippen molar-refractivity contribution in [3.05, 3.63) is 48.2 Å². The number of carbonyl (C=O) groups excluding carboxylic acids is 2. The summed E-state index contributed by atoms with van der Waals surface area (Å²) in [5.74, 6) is 0.562. The Balaban J connectivity index is 1.59. The molecule has 28 heavy (non-hydrogen) atoms. The van der Waals surface area contributed by atoms with Crippen LogP contribution >= 0.6 is 0 Å². The van der Waals surface area contributed by atoms with Crippen molar-refractivity contribution in [2.45, 2.75) is 45.3 Å². The Hall–Kier alpha value is -2.67. The van der Waals surface area contributed by atoms with E-state index in [1.54, 1.807) is 29.3 Å². The van der Waals surface area contributed by atoms with Crippen LogP contribution in [0.15, 0.2) is 42.6 Å². The van der Waals surface area contributed by atoms with Crippen molar-refractivity contribution in [3.63, 3.8) is 0 Å². The number of carbonyl (C=O) groups is 2. The van der Waals surface area contributed by atoms with Gasteiger partial charge in [0.1, 0.15) is 11.9 Å². The molecule has 1 aromatic carbocycles. The largest absolute Gasteiger partial charge is 0.383 e.